The Morgan fingerprint density at radius 3 is 3.11 bits per heavy atom. The number of thiophene rings is 1. The number of carbonyl (C=O) groups is 1. The Bertz CT molecular complexity index is 599. The molecule has 0 saturated heterocycles. The van der Waals surface area contributed by atoms with Gasteiger partial charge in [0.05, 0.1) is 11.3 Å². The fraction of sp³-hybridized carbons (Fsp3) is 0.385. The molecule has 94 valence electrons. The Balaban J connectivity index is 2.00. The van der Waals surface area contributed by atoms with Gasteiger partial charge in [0.25, 0.3) is 0 Å². The number of aromatic nitrogens is 2. The van der Waals surface area contributed by atoms with Crippen molar-refractivity contribution in [3.8, 4) is 0 Å². The molecular formula is C13H15N3OS. The summed E-state index contributed by atoms with van der Waals surface area (Å²) in [5.74, 6) is 0.944. The quantitative estimate of drug-likeness (QED) is 0.778. The number of anilines is 1. The second kappa shape index (κ2) is 4.24. The summed E-state index contributed by atoms with van der Waals surface area (Å²) >= 11 is 1.82. The van der Waals surface area contributed by atoms with Gasteiger partial charge in [0.2, 0.25) is 0 Å². The molecule has 0 N–H and O–H groups in total. The third-order valence-electron chi connectivity index (χ3n) is 3.46. The van der Waals surface area contributed by atoms with Gasteiger partial charge in [0.15, 0.2) is 6.29 Å². The molecule has 0 radical (unpaired) electrons. The molecule has 0 aliphatic carbocycles. The Kier molecular flexibility index (Phi) is 2.70. The summed E-state index contributed by atoms with van der Waals surface area (Å²) in [7, 11) is 1.90. The first-order chi connectivity index (χ1) is 8.70. The average molecular weight is 261 g/mol. The molecule has 0 unspecified atom stereocenters. The van der Waals surface area contributed by atoms with Crippen LogP contribution in [-0.2, 0) is 20.0 Å². The minimum atomic E-state index is 0.719. The lowest BCUT2D eigenvalue weighted by Crippen LogP contribution is -2.31. The van der Waals surface area contributed by atoms with Crippen LogP contribution >= 0.6 is 11.3 Å². The van der Waals surface area contributed by atoms with Gasteiger partial charge in [0, 0.05) is 25.0 Å². The van der Waals surface area contributed by atoms with Crippen molar-refractivity contribution in [3.63, 3.8) is 0 Å². The summed E-state index contributed by atoms with van der Waals surface area (Å²) in [6, 6.07) is 2.18. The topological polar surface area (TPSA) is 38.1 Å². The zero-order valence-corrected chi connectivity index (χ0v) is 11.3. The molecule has 5 heteroatoms. The predicted octanol–water partition coefficient (Wildman–Crippen LogP) is 2.17. The van der Waals surface area contributed by atoms with Crippen molar-refractivity contribution in [2.45, 2.75) is 19.9 Å². The number of hydrogen-bond donors (Lipinski definition) is 0. The standard InChI is InChI=1S/C13H15N3OS/c1-9-11(8-17)13(15(2)14-9)16-5-3-12-10(7-16)4-6-18-12/h4,6,8H,3,5,7H2,1-2H3. The van der Waals surface area contributed by atoms with Gasteiger partial charge in [-0.05, 0) is 30.4 Å². The van der Waals surface area contributed by atoms with Crippen LogP contribution in [0.25, 0.3) is 0 Å². The number of rotatable bonds is 2. The molecule has 0 spiro atoms. The average Bonchev–Trinajstić information content (AvgIpc) is 2.91. The van der Waals surface area contributed by atoms with Crippen LogP contribution in [0.2, 0.25) is 0 Å². The largest absolute Gasteiger partial charge is 0.351 e. The van der Waals surface area contributed by atoms with E-state index in [1.807, 2.05) is 30.0 Å². The minimum Gasteiger partial charge on any atom is -0.351 e. The van der Waals surface area contributed by atoms with Crippen LogP contribution in [0.1, 0.15) is 26.5 Å². The summed E-state index contributed by atoms with van der Waals surface area (Å²) in [6.45, 7) is 3.71. The molecule has 0 fully saturated rings. The van der Waals surface area contributed by atoms with Gasteiger partial charge < -0.3 is 4.90 Å². The zero-order valence-electron chi connectivity index (χ0n) is 10.5. The van der Waals surface area contributed by atoms with Crippen LogP contribution in [0.5, 0.6) is 0 Å². The molecule has 18 heavy (non-hydrogen) atoms. The summed E-state index contributed by atoms with van der Waals surface area (Å²) in [4.78, 5) is 14.9. The highest BCUT2D eigenvalue weighted by molar-refractivity contribution is 7.10. The lowest BCUT2D eigenvalue weighted by molar-refractivity contribution is 0.112. The summed E-state index contributed by atoms with van der Waals surface area (Å²) in [6.07, 6.45) is 1.97. The summed E-state index contributed by atoms with van der Waals surface area (Å²) < 4.78 is 1.82. The van der Waals surface area contributed by atoms with E-state index in [-0.39, 0.29) is 0 Å². The van der Waals surface area contributed by atoms with E-state index in [9.17, 15) is 4.79 Å². The van der Waals surface area contributed by atoms with E-state index in [1.165, 1.54) is 10.4 Å². The molecule has 3 rings (SSSR count). The highest BCUT2D eigenvalue weighted by Gasteiger charge is 2.23. The van der Waals surface area contributed by atoms with Gasteiger partial charge in [-0.25, -0.2) is 0 Å². The van der Waals surface area contributed by atoms with Crippen molar-refractivity contribution in [1.82, 2.24) is 9.78 Å². The van der Waals surface area contributed by atoms with E-state index in [4.69, 9.17) is 0 Å². The van der Waals surface area contributed by atoms with Crippen molar-refractivity contribution in [2.75, 3.05) is 11.4 Å². The van der Waals surface area contributed by atoms with Crippen molar-refractivity contribution in [1.29, 1.82) is 0 Å². The molecule has 1 aliphatic rings. The molecule has 0 saturated carbocycles. The van der Waals surface area contributed by atoms with E-state index in [0.29, 0.717) is 0 Å². The lowest BCUT2D eigenvalue weighted by atomic mass is 10.1. The van der Waals surface area contributed by atoms with Gasteiger partial charge in [-0.3, -0.25) is 9.48 Å². The maximum Gasteiger partial charge on any atom is 0.155 e. The predicted molar refractivity (Wildman–Crippen MR) is 72.4 cm³/mol. The summed E-state index contributed by atoms with van der Waals surface area (Å²) in [5.41, 5.74) is 2.90. The second-order valence-electron chi connectivity index (χ2n) is 4.60. The molecule has 0 aromatic carbocycles. The monoisotopic (exact) mass is 261 g/mol. The van der Waals surface area contributed by atoms with Crippen LogP contribution in [0.4, 0.5) is 5.82 Å². The van der Waals surface area contributed by atoms with E-state index in [2.05, 4.69) is 21.4 Å². The molecule has 0 amide bonds. The Hall–Kier alpha value is -1.62. The molecule has 0 atom stereocenters. The number of aryl methyl sites for hydroxylation is 2. The first-order valence-corrected chi connectivity index (χ1v) is 6.87. The maximum atomic E-state index is 11.2. The zero-order chi connectivity index (χ0) is 12.7. The van der Waals surface area contributed by atoms with Crippen molar-refractivity contribution >= 4 is 23.4 Å². The molecule has 2 aromatic heterocycles. The number of carbonyl (C=O) groups excluding carboxylic acids is 1. The second-order valence-corrected chi connectivity index (χ2v) is 5.61. The molecule has 4 nitrogen and oxygen atoms in total. The molecular weight excluding hydrogens is 246 g/mol. The van der Waals surface area contributed by atoms with Gasteiger partial charge in [-0.15, -0.1) is 11.3 Å². The lowest BCUT2D eigenvalue weighted by Gasteiger charge is -2.29. The number of fused-ring (bicyclic) bond motifs is 1. The van der Waals surface area contributed by atoms with E-state index >= 15 is 0 Å². The van der Waals surface area contributed by atoms with Crippen LogP contribution in [0, 0.1) is 6.92 Å². The van der Waals surface area contributed by atoms with E-state index in [1.54, 1.807) is 0 Å². The van der Waals surface area contributed by atoms with Crippen molar-refractivity contribution in [3.05, 3.63) is 33.1 Å². The Morgan fingerprint density at radius 1 is 1.50 bits per heavy atom. The fourth-order valence-electron chi connectivity index (χ4n) is 2.60. The van der Waals surface area contributed by atoms with Crippen LogP contribution in [-0.4, -0.2) is 22.6 Å². The van der Waals surface area contributed by atoms with Gasteiger partial charge in [0.1, 0.15) is 5.82 Å². The minimum absolute atomic E-state index is 0.719. The first-order valence-electron chi connectivity index (χ1n) is 5.99. The van der Waals surface area contributed by atoms with Crippen LogP contribution in [0.3, 0.4) is 0 Å². The molecule has 2 aromatic rings. The SMILES string of the molecule is Cc1nn(C)c(N2CCc3sccc3C2)c1C=O. The number of aldehydes is 1. The van der Waals surface area contributed by atoms with Crippen molar-refractivity contribution < 1.29 is 4.79 Å². The molecule has 3 heterocycles. The Labute approximate surface area is 110 Å². The summed E-state index contributed by atoms with van der Waals surface area (Å²) in [5, 5.41) is 6.49. The number of hydrogen-bond acceptors (Lipinski definition) is 4. The Morgan fingerprint density at radius 2 is 2.33 bits per heavy atom. The van der Waals surface area contributed by atoms with Crippen molar-refractivity contribution in [2.24, 2.45) is 7.05 Å². The van der Waals surface area contributed by atoms with E-state index in [0.717, 1.165) is 42.9 Å². The highest BCUT2D eigenvalue weighted by atomic mass is 32.1. The fourth-order valence-corrected chi connectivity index (χ4v) is 3.49. The highest BCUT2D eigenvalue weighted by Crippen LogP contribution is 2.29. The van der Waals surface area contributed by atoms with Crippen LogP contribution in [0.15, 0.2) is 11.4 Å². The van der Waals surface area contributed by atoms with Crippen LogP contribution < -0.4 is 4.90 Å². The molecule has 0 bridgehead atoms. The third kappa shape index (κ3) is 1.66. The van der Waals surface area contributed by atoms with Gasteiger partial charge >= 0.3 is 0 Å². The van der Waals surface area contributed by atoms with Gasteiger partial charge in [-0.1, -0.05) is 0 Å². The van der Waals surface area contributed by atoms with Gasteiger partial charge in [-0.2, -0.15) is 5.10 Å². The maximum absolute atomic E-state index is 11.2. The first kappa shape index (κ1) is 11.5. The normalized spacial score (nSPS) is 14.7. The third-order valence-corrected chi connectivity index (χ3v) is 4.49. The van der Waals surface area contributed by atoms with E-state index < -0.39 is 0 Å². The number of nitrogens with zero attached hydrogens (tertiary/aromatic N) is 3. The molecule has 1 aliphatic heterocycles. The smallest absolute Gasteiger partial charge is 0.155 e.